The average molecular weight is 267 g/mol. The zero-order chi connectivity index (χ0) is 13.3. The van der Waals surface area contributed by atoms with Crippen molar-refractivity contribution in [3.05, 3.63) is 17.7 Å². The molecular formula is C14H21NO2S. The van der Waals surface area contributed by atoms with Crippen LogP contribution in [0.5, 0.6) is 11.5 Å². The van der Waals surface area contributed by atoms with E-state index in [1.165, 1.54) is 5.56 Å². The van der Waals surface area contributed by atoms with Gasteiger partial charge in [0.25, 0.3) is 0 Å². The molecule has 2 N–H and O–H groups in total. The van der Waals surface area contributed by atoms with Crippen LogP contribution in [0.3, 0.4) is 0 Å². The van der Waals surface area contributed by atoms with Gasteiger partial charge in [-0.05, 0) is 38.2 Å². The zero-order valence-corrected chi connectivity index (χ0v) is 12.3. The van der Waals surface area contributed by atoms with Gasteiger partial charge in [-0.2, -0.15) is 0 Å². The lowest BCUT2D eigenvalue weighted by molar-refractivity contribution is 0.379. The molecule has 1 atom stereocenters. The molecule has 0 heterocycles. The summed E-state index contributed by atoms with van der Waals surface area (Å²) in [6.07, 6.45) is 4.32. The van der Waals surface area contributed by atoms with Gasteiger partial charge in [0.2, 0.25) is 0 Å². The molecule has 18 heavy (non-hydrogen) atoms. The van der Waals surface area contributed by atoms with Crippen LogP contribution in [0.15, 0.2) is 17.0 Å². The maximum Gasteiger partial charge on any atom is 0.132 e. The van der Waals surface area contributed by atoms with E-state index in [-0.39, 0.29) is 11.5 Å². The molecule has 3 nitrogen and oxygen atoms in total. The number of thioether (sulfide) groups is 1. The molecule has 0 aliphatic heterocycles. The third kappa shape index (κ3) is 1.97. The van der Waals surface area contributed by atoms with Crippen molar-refractivity contribution in [3.63, 3.8) is 0 Å². The van der Waals surface area contributed by atoms with Gasteiger partial charge in [-0.1, -0.05) is 0 Å². The lowest BCUT2D eigenvalue weighted by atomic mass is 9.88. The van der Waals surface area contributed by atoms with Crippen molar-refractivity contribution in [2.75, 3.05) is 20.5 Å². The smallest absolute Gasteiger partial charge is 0.132 e. The van der Waals surface area contributed by atoms with E-state index >= 15 is 0 Å². The summed E-state index contributed by atoms with van der Waals surface area (Å²) in [5.74, 6) is 1.83. The standard InChI is InChI=1S/C14H21NO2S/c1-9(15)14(7-8-14)12-10(16-2)5-6-11(17-3)13(12)18-4/h5-6,9H,7-8,15H2,1-4H3. The minimum Gasteiger partial charge on any atom is -0.496 e. The number of benzene rings is 1. The molecule has 2 rings (SSSR count). The van der Waals surface area contributed by atoms with Crippen LogP contribution in [0, 0.1) is 0 Å². The topological polar surface area (TPSA) is 44.5 Å². The molecular weight excluding hydrogens is 246 g/mol. The summed E-state index contributed by atoms with van der Waals surface area (Å²) in [4.78, 5) is 1.16. The second-order valence-electron chi connectivity index (χ2n) is 4.82. The molecule has 0 amide bonds. The Morgan fingerprint density at radius 3 is 2.17 bits per heavy atom. The molecule has 0 bridgehead atoms. The summed E-state index contributed by atoms with van der Waals surface area (Å²) in [7, 11) is 3.42. The van der Waals surface area contributed by atoms with E-state index in [1.807, 2.05) is 12.1 Å². The fraction of sp³-hybridized carbons (Fsp3) is 0.571. The molecule has 0 spiro atoms. The van der Waals surface area contributed by atoms with Crippen molar-refractivity contribution in [2.45, 2.75) is 36.1 Å². The van der Waals surface area contributed by atoms with Gasteiger partial charge in [0.05, 0.1) is 19.1 Å². The van der Waals surface area contributed by atoms with E-state index in [1.54, 1.807) is 26.0 Å². The summed E-state index contributed by atoms with van der Waals surface area (Å²) in [6.45, 7) is 2.08. The van der Waals surface area contributed by atoms with Crippen LogP contribution in [-0.4, -0.2) is 26.5 Å². The molecule has 1 saturated carbocycles. The van der Waals surface area contributed by atoms with Crippen LogP contribution in [0.2, 0.25) is 0 Å². The van der Waals surface area contributed by atoms with Gasteiger partial charge in [0.1, 0.15) is 11.5 Å². The van der Waals surface area contributed by atoms with Crippen molar-refractivity contribution in [2.24, 2.45) is 5.73 Å². The van der Waals surface area contributed by atoms with Crippen molar-refractivity contribution in [3.8, 4) is 11.5 Å². The van der Waals surface area contributed by atoms with Crippen LogP contribution in [0.25, 0.3) is 0 Å². The van der Waals surface area contributed by atoms with Gasteiger partial charge in [0, 0.05) is 17.0 Å². The van der Waals surface area contributed by atoms with Gasteiger partial charge in [-0.3, -0.25) is 0 Å². The van der Waals surface area contributed by atoms with E-state index in [9.17, 15) is 0 Å². The van der Waals surface area contributed by atoms with Crippen LogP contribution >= 0.6 is 11.8 Å². The second kappa shape index (κ2) is 5.02. The van der Waals surface area contributed by atoms with E-state index in [0.717, 1.165) is 29.2 Å². The van der Waals surface area contributed by atoms with Gasteiger partial charge in [-0.25, -0.2) is 0 Å². The number of methoxy groups -OCH3 is 2. The summed E-state index contributed by atoms with van der Waals surface area (Å²) < 4.78 is 11.0. The van der Waals surface area contributed by atoms with Gasteiger partial charge in [-0.15, -0.1) is 11.8 Å². The molecule has 0 radical (unpaired) electrons. The van der Waals surface area contributed by atoms with Crippen LogP contribution < -0.4 is 15.2 Å². The molecule has 1 unspecified atom stereocenters. The fourth-order valence-corrected chi connectivity index (χ4v) is 3.48. The summed E-state index contributed by atoms with van der Waals surface area (Å²) in [6, 6.07) is 4.08. The van der Waals surface area contributed by atoms with Crippen molar-refractivity contribution < 1.29 is 9.47 Å². The van der Waals surface area contributed by atoms with Crippen molar-refractivity contribution >= 4 is 11.8 Å². The molecule has 100 valence electrons. The first-order valence-electron chi connectivity index (χ1n) is 6.15. The van der Waals surface area contributed by atoms with E-state index < -0.39 is 0 Å². The normalized spacial score (nSPS) is 18.3. The lowest BCUT2D eigenvalue weighted by Crippen LogP contribution is -2.32. The Labute approximate surface area is 113 Å². The highest BCUT2D eigenvalue weighted by molar-refractivity contribution is 7.98. The maximum atomic E-state index is 6.20. The Morgan fingerprint density at radius 1 is 1.22 bits per heavy atom. The third-order valence-corrected chi connectivity index (χ3v) is 4.70. The highest BCUT2D eigenvalue weighted by Crippen LogP contribution is 2.57. The minimum atomic E-state index is 0.0677. The van der Waals surface area contributed by atoms with Gasteiger partial charge < -0.3 is 15.2 Å². The van der Waals surface area contributed by atoms with Crippen LogP contribution in [-0.2, 0) is 5.41 Å². The minimum absolute atomic E-state index is 0.0677. The Bertz CT molecular complexity index is 442. The van der Waals surface area contributed by atoms with Gasteiger partial charge in [0.15, 0.2) is 0 Å². The largest absolute Gasteiger partial charge is 0.496 e. The van der Waals surface area contributed by atoms with Crippen LogP contribution in [0.4, 0.5) is 0 Å². The predicted octanol–water partition coefficient (Wildman–Crippen LogP) is 2.80. The Kier molecular flexibility index (Phi) is 3.78. The van der Waals surface area contributed by atoms with Crippen LogP contribution in [0.1, 0.15) is 25.3 Å². The fourth-order valence-electron chi connectivity index (χ4n) is 2.62. The number of rotatable bonds is 5. The summed E-state index contributed by atoms with van der Waals surface area (Å²) >= 11 is 1.70. The van der Waals surface area contributed by atoms with E-state index in [2.05, 4.69) is 13.2 Å². The predicted molar refractivity (Wildman–Crippen MR) is 75.9 cm³/mol. The van der Waals surface area contributed by atoms with Crippen molar-refractivity contribution in [1.82, 2.24) is 0 Å². The summed E-state index contributed by atoms with van der Waals surface area (Å²) in [5.41, 5.74) is 7.49. The molecule has 4 heteroatoms. The quantitative estimate of drug-likeness (QED) is 0.833. The molecule has 1 aromatic rings. The van der Waals surface area contributed by atoms with Crippen molar-refractivity contribution in [1.29, 1.82) is 0 Å². The number of hydrogen-bond acceptors (Lipinski definition) is 4. The Hall–Kier alpha value is -0.870. The monoisotopic (exact) mass is 267 g/mol. The lowest BCUT2D eigenvalue weighted by Gasteiger charge is -2.26. The Balaban J connectivity index is 2.62. The highest BCUT2D eigenvalue weighted by Gasteiger charge is 2.50. The molecule has 1 aliphatic carbocycles. The third-order valence-electron chi connectivity index (χ3n) is 3.89. The molecule has 0 aromatic heterocycles. The first kappa shape index (κ1) is 13.6. The average Bonchev–Trinajstić information content (AvgIpc) is 3.18. The number of hydrogen-bond donors (Lipinski definition) is 1. The molecule has 0 saturated heterocycles. The highest BCUT2D eigenvalue weighted by atomic mass is 32.2. The SMILES string of the molecule is COc1ccc(OC)c(C2(C(C)N)CC2)c1SC. The number of nitrogens with two attached hydrogens (primary N) is 1. The van der Waals surface area contributed by atoms with E-state index in [0.29, 0.717) is 0 Å². The first-order chi connectivity index (χ1) is 8.60. The Morgan fingerprint density at radius 2 is 1.78 bits per heavy atom. The van der Waals surface area contributed by atoms with Gasteiger partial charge >= 0.3 is 0 Å². The molecule has 1 aliphatic rings. The molecule has 1 fully saturated rings. The summed E-state index contributed by atoms with van der Waals surface area (Å²) in [5, 5.41) is 0. The second-order valence-corrected chi connectivity index (χ2v) is 5.64. The number of ether oxygens (including phenoxy) is 2. The first-order valence-corrected chi connectivity index (χ1v) is 7.38. The zero-order valence-electron chi connectivity index (χ0n) is 11.4. The molecule has 1 aromatic carbocycles. The van der Waals surface area contributed by atoms with E-state index in [4.69, 9.17) is 15.2 Å². The maximum absolute atomic E-state index is 6.20.